The van der Waals surface area contributed by atoms with Crippen LogP contribution in [0.1, 0.15) is 18.9 Å². The number of carbonyl (C=O) groups is 1. The van der Waals surface area contributed by atoms with Crippen molar-refractivity contribution in [3.8, 4) is 6.07 Å². The van der Waals surface area contributed by atoms with Crippen molar-refractivity contribution in [2.45, 2.75) is 13.3 Å². The molecule has 1 amide bonds. The molecule has 0 aliphatic carbocycles. The van der Waals surface area contributed by atoms with Gasteiger partial charge in [-0.3, -0.25) is 4.79 Å². The van der Waals surface area contributed by atoms with Gasteiger partial charge in [0.1, 0.15) is 6.07 Å². The molecule has 4 heteroatoms. The molecule has 0 saturated heterocycles. The van der Waals surface area contributed by atoms with E-state index in [0.717, 1.165) is 6.54 Å². The number of nitriles is 1. The van der Waals surface area contributed by atoms with Crippen LogP contribution in [0, 0.1) is 11.3 Å². The molecule has 0 aliphatic heterocycles. The van der Waals surface area contributed by atoms with E-state index in [9.17, 15) is 4.79 Å². The minimum atomic E-state index is 0.00801. The summed E-state index contributed by atoms with van der Waals surface area (Å²) < 4.78 is 0. The molecule has 90 valence electrons. The Morgan fingerprint density at radius 1 is 1.47 bits per heavy atom. The van der Waals surface area contributed by atoms with Gasteiger partial charge in [-0.05, 0) is 18.7 Å². The van der Waals surface area contributed by atoms with Crippen LogP contribution >= 0.6 is 0 Å². The van der Waals surface area contributed by atoms with E-state index in [0.29, 0.717) is 24.2 Å². The second-order valence-electron chi connectivity index (χ2n) is 3.69. The molecule has 0 aromatic heterocycles. The monoisotopic (exact) mass is 231 g/mol. The van der Waals surface area contributed by atoms with Crippen LogP contribution in [-0.4, -0.2) is 26.0 Å². The highest BCUT2D eigenvalue weighted by Gasteiger charge is 2.13. The van der Waals surface area contributed by atoms with E-state index in [2.05, 4.69) is 11.4 Å². The van der Waals surface area contributed by atoms with Crippen LogP contribution in [-0.2, 0) is 4.79 Å². The highest BCUT2D eigenvalue weighted by molar-refractivity contribution is 5.94. The highest BCUT2D eigenvalue weighted by atomic mass is 16.2. The third-order valence-electron chi connectivity index (χ3n) is 2.53. The molecule has 1 aromatic rings. The van der Waals surface area contributed by atoms with Crippen molar-refractivity contribution in [3.63, 3.8) is 0 Å². The molecule has 0 fully saturated rings. The second-order valence-corrected chi connectivity index (χ2v) is 3.69. The maximum absolute atomic E-state index is 11.9. The van der Waals surface area contributed by atoms with Crippen molar-refractivity contribution in [1.29, 1.82) is 5.26 Å². The Morgan fingerprint density at radius 2 is 2.18 bits per heavy atom. The second kappa shape index (κ2) is 6.66. The zero-order chi connectivity index (χ0) is 12.7. The summed E-state index contributed by atoms with van der Waals surface area (Å²) in [5.74, 6) is 0.00801. The van der Waals surface area contributed by atoms with Crippen molar-refractivity contribution >= 4 is 11.6 Å². The number of para-hydroxylation sites is 1. The summed E-state index contributed by atoms with van der Waals surface area (Å²) in [6, 6.07) is 9.20. The average molecular weight is 231 g/mol. The number of anilines is 1. The molecular formula is C13H17N3O. The molecule has 0 heterocycles. The zero-order valence-corrected chi connectivity index (χ0v) is 10.2. The fraction of sp³-hybridized carbons (Fsp3) is 0.385. The standard InChI is InChI=1S/C13H17N3O/c1-3-15-9-8-13(17)16(2)12-7-5-4-6-11(12)10-14/h4-7,15H,3,8-9H2,1-2H3. The lowest BCUT2D eigenvalue weighted by Gasteiger charge is -2.18. The van der Waals surface area contributed by atoms with Gasteiger partial charge in [-0.25, -0.2) is 0 Å². The smallest absolute Gasteiger partial charge is 0.228 e. The molecule has 4 nitrogen and oxygen atoms in total. The van der Waals surface area contributed by atoms with Crippen LogP contribution in [0.25, 0.3) is 0 Å². The molecule has 1 rings (SSSR count). The van der Waals surface area contributed by atoms with Crippen molar-refractivity contribution in [1.82, 2.24) is 5.32 Å². The van der Waals surface area contributed by atoms with Crippen LogP contribution in [0.3, 0.4) is 0 Å². The lowest BCUT2D eigenvalue weighted by molar-refractivity contribution is -0.118. The van der Waals surface area contributed by atoms with E-state index in [-0.39, 0.29) is 5.91 Å². The molecule has 0 aliphatic rings. The van der Waals surface area contributed by atoms with Gasteiger partial charge in [0.25, 0.3) is 0 Å². The normalized spacial score (nSPS) is 9.71. The lowest BCUT2D eigenvalue weighted by atomic mass is 10.1. The SMILES string of the molecule is CCNCCC(=O)N(C)c1ccccc1C#N. The van der Waals surface area contributed by atoms with Crippen LogP contribution in [0.5, 0.6) is 0 Å². The van der Waals surface area contributed by atoms with Gasteiger partial charge in [0, 0.05) is 20.0 Å². The molecule has 0 spiro atoms. The van der Waals surface area contributed by atoms with E-state index < -0.39 is 0 Å². The van der Waals surface area contributed by atoms with Gasteiger partial charge in [0.15, 0.2) is 0 Å². The van der Waals surface area contributed by atoms with E-state index in [1.54, 1.807) is 25.2 Å². The van der Waals surface area contributed by atoms with Crippen molar-refractivity contribution in [3.05, 3.63) is 29.8 Å². The number of amides is 1. The third kappa shape index (κ3) is 3.58. The summed E-state index contributed by atoms with van der Waals surface area (Å²) >= 11 is 0. The summed E-state index contributed by atoms with van der Waals surface area (Å²) in [5.41, 5.74) is 1.18. The van der Waals surface area contributed by atoms with E-state index in [1.165, 1.54) is 4.90 Å². The summed E-state index contributed by atoms with van der Waals surface area (Å²) in [6.07, 6.45) is 0.435. The predicted octanol–water partition coefficient (Wildman–Crippen LogP) is 1.52. The molecule has 0 saturated carbocycles. The fourth-order valence-electron chi connectivity index (χ4n) is 1.53. The van der Waals surface area contributed by atoms with Gasteiger partial charge in [-0.2, -0.15) is 5.26 Å². The molecule has 17 heavy (non-hydrogen) atoms. The predicted molar refractivity (Wildman–Crippen MR) is 67.7 cm³/mol. The summed E-state index contributed by atoms with van der Waals surface area (Å²) in [6.45, 7) is 3.51. The first-order chi connectivity index (χ1) is 8.20. The first-order valence-electron chi connectivity index (χ1n) is 5.67. The quantitative estimate of drug-likeness (QED) is 0.782. The highest BCUT2D eigenvalue weighted by Crippen LogP contribution is 2.18. The lowest BCUT2D eigenvalue weighted by Crippen LogP contribution is -2.30. The summed E-state index contributed by atoms with van der Waals surface area (Å²) in [5, 5.41) is 12.1. The first-order valence-corrected chi connectivity index (χ1v) is 5.67. The molecule has 1 N–H and O–H groups in total. The Kier molecular flexibility index (Phi) is 5.18. The number of carbonyl (C=O) groups excluding carboxylic acids is 1. The minimum Gasteiger partial charge on any atom is -0.316 e. The van der Waals surface area contributed by atoms with Crippen LogP contribution in [0.15, 0.2) is 24.3 Å². The van der Waals surface area contributed by atoms with Crippen molar-refractivity contribution < 1.29 is 4.79 Å². The molecule has 0 atom stereocenters. The molecule has 0 bridgehead atoms. The molecule has 1 aromatic carbocycles. The largest absolute Gasteiger partial charge is 0.316 e. The number of hydrogen-bond donors (Lipinski definition) is 1. The number of hydrogen-bond acceptors (Lipinski definition) is 3. The van der Waals surface area contributed by atoms with Gasteiger partial charge in [-0.15, -0.1) is 0 Å². The minimum absolute atomic E-state index is 0.00801. The Balaban J connectivity index is 2.72. The number of nitrogens with zero attached hydrogens (tertiary/aromatic N) is 2. The van der Waals surface area contributed by atoms with Gasteiger partial charge < -0.3 is 10.2 Å². The zero-order valence-electron chi connectivity index (χ0n) is 10.2. The van der Waals surface area contributed by atoms with Crippen molar-refractivity contribution in [2.75, 3.05) is 25.0 Å². The summed E-state index contributed by atoms with van der Waals surface area (Å²) in [4.78, 5) is 13.4. The Morgan fingerprint density at radius 3 is 2.82 bits per heavy atom. The van der Waals surface area contributed by atoms with Crippen LogP contribution in [0.2, 0.25) is 0 Å². The Bertz CT molecular complexity index is 423. The maximum atomic E-state index is 11.9. The maximum Gasteiger partial charge on any atom is 0.228 e. The van der Waals surface area contributed by atoms with E-state index >= 15 is 0 Å². The number of benzene rings is 1. The average Bonchev–Trinajstić information content (AvgIpc) is 2.38. The Labute approximate surface area is 102 Å². The van der Waals surface area contributed by atoms with E-state index in [1.807, 2.05) is 13.0 Å². The van der Waals surface area contributed by atoms with E-state index in [4.69, 9.17) is 5.26 Å². The molecule has 0 radical (unpaired) electrons. The van der Waals surface area contributed by atoms with Gasteiger partial charge in [-0.1, -0.05) is 19.1 Å². The fourth-order valence-corrected chi connectivity index (χ4v) is 1.53. The number of nitrogens with one attached hydrogen (secondary N) is 1. The topological polar surface area (TPSA) is 56.1 Å². The number of rotatable bonds is 5. The third-order valence-corrected chi connectivity index (χ3v) is 2.53. The molecule has 0 unspecified atom stereocenters. The molecular weight excluding hydrogens is 214 g/mol. The summed E-state index contributed by atoms with van der Waals surface area (Å²) in [7, 11) is 1.70. The first kappa shape index (κ1) is 13.2. The Hall–Kier alpha value is -1.86. The van der Waals surface area contributed by atoms with Gasteiger partial charge in [0.2, 0.25) is 5.91 Å². The van der Waals surface area contributed by atoms with Crippen molar-refractivity contribution in [2.24, 2.45) is 0 Å². The van der Waals surface area contributed by atoms with Crippen LogP contribution in [0.4, 0.5) is 5.69 Å². The van der Waals surface area contributed by atoms with Gasteiger partial charge >= 0.3 is 0 Å². The van der Waals surface area contributed by atoms with Crippen LogP contribution < -0.4 is 10.2 Å². The van der Waals surface area contributed by atoms with Gasteiger partial charge in [0.05, 0.1) is 11.3 Å².